The molecule has 34 heavy (non-hydrogen) atoms. The number of amides is 2. The van der Waals surface area contributed by atoms with E-state index in [1.807, 2.05) is 28.0 Å². The number of nitrogens with zero attached hydrogens (tertiary/aromatic N) is 3. The van der Waals surface area contributed by atoms with Crippen LogP contribution in [0.3, 0.4) is 0 Å². The van der Waals surface area contributed by atoms with Crippen LogP contribution in [0.15, 0.2) is 54.6 Å². The molecule has 3 fully saturated rings. The van der Waals surface area contributed by atoms with Crippen LogP contribution in [0.25, 0.3) is 0 Å². The second kappa shape index (κ2) is 9.12. The molecule has 7 heteroatoms. The van der Waals surface area contributed by atoms with Crippen molar-refractivity contribution < 1.29 is 19.1 Å². The molecule has 178 valence electrons. The molecule has 0 radical (unpaired) electrons. The maximum Gasteiger partial charge on any atom is 0.338 e. The number of para-hydroxylation sites is 1. The van der Waals surface area contributed by atoms with Gasteiger partial charge in [0.2, 0.25) is 5.91 Å². The molecule has 7 nitrogen and oxygen atoms in total. The Morgan fingerprint density at radius 3 is 2.06 bits per heavy atom. The number of hydrogen-bond donors (Lipinski definition) is 0. The number of anilines is 1. The van der Waals surface area contributed by atoms with Crippen LogP contribution in [0.1, 0.15) is 40.0 Å². The van der Waals surface area contributed by atoms with E-state index in [4.69, 9.17) is 4.74 Å². The third-order valence-electron chi connectivity index (χ3n) is 7.81. The summed E-state index contributed by atoms with van der Waals surface area (Å²) in [5.41, 5.74) is 1.92. The fourth-order valence-electron chi connectivity index (χ4n) is 5.58. The lowest BCUT2D eigenvalue weighted by atomic mass is 9.90. The first kappa shape index (κ1) is 22.4. The highest BCUT2D eigenvalue weighted by Crippen LogP contribution is 2.60. The molecule has 0 bridgehead atoms. The Balaban J connectivity index is 1.15. The van der Waals surface area contributed by atoms with Gasteiger partial charge in [0, 0.05) is 50.9 Å². The lowest BCUT2D eigenvalue weighted by molar-refractivity contribution is -0.134. The van der Waals surface area contributed by atoms with Crippen LogP contribution >= 0.6 is 0 Å². The minimum Gasteiger partial charge on any atom is -0.465 e. The van der Waals surface area contributed by atoms with E-state index in [1.165, 1.54) is 12.8 Å². The average molecular weight is 462 g/mol. The Labute approximate surface area is 200 Å². The molecule has 2 amide bonds. The van der Waals surface area contributed by atoms with E-state index < -0.39 is 5.97 Å². The molecule has 0 aromatic heterocycles. The third-order valence-corrected chi connectivity index (χ3v) is 7.81. The second-order valence-electron chi connectivity index (χ2n) is 9.60. The van der Waals surface area contributed by atoms with Crippen molar-refractivity contribution in [3.05, 3.63) is 65.7 Å². The summed E-state index contributed by atoms with van der Waals surface area (Å²) < 4.78 is 4.83. The molecule has 2 aliphatic heterocycles. The fourth-order valence-corrected chi connectivity index (χ4v) is 5.58. The van der Waals surface area contributed by atoms with Crippen molar-refractivity contribution in [3.8, 4) is 0 Å². The number of rotatable bonds is 4. The van der Waals surface area contributed by atoms with Crippen LogP contribution in [0.2, 0.25) is 0 Å². The quantitative estimate of drug-likeness (QED) is 0.655. The smallest absolute Gasteiger partial charge is 0.338 e. The molecule has 2 saturated heterocycles. The van der Waals surface area contributed by atoms with Gasteiger partial charge < -0.3 is 19.4 Å². The van der Waals surface area contributed by atoms with E-state index in [2.05, 4.69) is 17.0 Å². The summed E-state index contributed by atoms with van der Waals surface area (Å²) in [6.07, 6.45) is 2.59. The average Bonchev–Trinajstić information content (AvgIpc) is 3.61. The summed E-state index contributed by atoms with van der Waals surface area (Å²) in [7, 11) is 1.32. The van der Waals surface area contributed by atoms with Crippen LogP contribution in [-0.2, 0) is 9.53 Å². The third kappa shape index (κ3) is 4.15. The number of methoxy groups -OCH3 is 1. The number of ether oxygens (including phenoxy) is 1. The lowest BCUT2D eigenvalue weighted by Crippen LogP contribution is -2.50. The number of carbonyl (C=O) groups excluding carboxylic acids is 3. The Bertz CT molecular complexity index is 1070. The van der Waals surface area contributed by atoms with Crippen LogP contribution in [-0.4, -0.2) is 74.0 Å². The minimum absolute atomic E-state index is 0.0340. The number of hydrogen-bond acceptors (Lipinski definition) is 5. The van der Waals surface area contributed by atoms with E-state index in [-0.39, 0.29) is 23.1 Å². The Morgan fingerprint density at radius 2 is 1.41 bits per heavy atom. The normalized spacial score (nSPS) is 21.3. The highest BCUT2D eigenvalue weighted by molar-refractivity contribution is 6.05. The Hall–Kier alpha value is -3.35. The molecule has 5 rings (SSSR count). The molecule has 2 heterocycles. The molecule has 1 spiro atoms. The van der Waals surface area contributed by atoms with E-state index in [9.17, 15) is 14.4 Å². The first-order chi connectivity index (χ1) is 16.5. The van der Waals surface area contributed by atoms with E-state index in [0.717, 1.165) is 45.4 Å². The zero-order valence-corrected chi connectivity index (χ0v) is 19.6. The van der Waals surface area contributed by atoms with Crippen molar-refractivity contribution in [1.82, 2.24) is 9.80 Å². The molecule has 1 saturated carbocycles. The Morgan fingerprint density at radius 1 is 0.794 bits per heavy atom. The molecule has 2 aromatic rings. The molecule has 1 atom stereocenters. The second-order valence-corrected chi connectivity index (χ2v) is 9.60. The summed E-state index contributed by atoms with van der Waals surface area (Å²) in [5, 5.41) is 0. The van der Waals surface area contributed by atoms with Crippen LogP contribution < -0.4 is 4.90 Å². The highest BCUT2D eigenvalue weighted by Gasteiger charge is 2.59. The number of likely N-dealkylation sites (tertiary alicyclic amines) is 1. The van der Waals surface area contributed by atoms with Crippen LogP contribution in [0.5, 0.6) is 0 Å². The van der Waals surface area contributed by atoms with Crippen molar-refractivity contribution in [2.45, 2.75) is 19.3 Å². The van der Waals surface area contributed by atoms with Gasteiger partial charge in [0.05, 0.1) is 18.2 Å². The van der Waals surface area contributed by atoms with Crippen LogP contribution in [0, 0.1) is 11.3 Å². The molecule has 1 aliphatic carbocycles. The predicted molar refractivity (Wildman–Crippen MR) is 129 cm³/mol. The highest BCUT2D eigenvalue weighted by atomic mass is 16.5. The first-order valence-corrected chi connectivity index (χ1v) is 12.1. The van der Waals surface area contributed by atoms with Gasteiger partial charge in [-0.2, -0.15) is 0 Å². The van der Waals surface area contributed by atoms with Crippen molar-refractivity contribution in [2.75, 3.05) is 51.3 Å². The van der Waals surface area contributed by atoms with E-state index in [0.29, 0.717) is 24.2 Å². The predicted octanol–water partition coefficient (Wildman–Crippen LogP) is 3.06. The number of esters is 1. The van der Waals surface area contributed by atoms with Gasteiger partial charge in [0.25, 0.3) is 5.91 Å². The number of piperidine rings is 1. The summed E-state index contributed by atoms with van der Waals surface area (Å²) in [4.78, 5) is 44.6. The SMILES string of the molecule is COC(=O)c1ccccc1C(=O)N1CCC2(CC1)CC2C(=O)N1CCN(c2ccccc2)CC1. The van der Waals surface area contributed by atoms with Gasteiger partial charge in [-0.15, -0.1) is 0 Å². The largest absolute Gasteiger partial charge is 0.465 e. The standard InChI is InChI=1S/C27H31N3O4/c1-34-26(33)22-10-6-5-9-21(22)24(31)29-13-11-27(12-14-29)19-23(27)25(32)30-17-15-28(16-18-30)20-7-3-2-4-8-20/h2-10,23H,11-19H2,1H3. The summed E-state index contributed by atoms with van der Waals surface area (Å²) >= 11 is 0. The number of piperazine rings is 1. The first-order valence-electron chi connectivity index (χ1n) is 12.1. The van der Waals surface area contributed by atoms with Crippen LogP contribution in [0.4, 0.5) is 5.69 Å². The van der Waals surface area contributed by atoms with Crippen molar-refractivity contribution in [1.29, 1.82) is 0 Å². The number of carbonyl (C=O) groups is 3. The van der Waals surface area contributed by atoms with Gasteiger partial charge in [-0.3, -0.25) is 9.59 Å². The summed E-state index contributed by atoms with van der Waals surface area (Å²) in [5.74, 6) is -0.284. The zero-order valence-electron chi connectivity index (χ0n) is 19.6. The maximum absolute atomic E-state index is 13.2. The zero-order chi connectivity index (χ0) is 23.7. The molecule has 3 aliphatic rings. The monoisotopic (exact) mass is 461 g/mol. The lowest BCUT2D eigenvalue weighted by Gasteiger charge is -2.37. The topological polar surface area (TPSA) is 70.2 Å². The molecule has 0 N–H and O–H groups in total. The van der Waals surface area contributed by atoms with Crippen molar-refractivity contribution in [2.24, 2.45) is 11.3 Å². The molecule has 1 unspecified atom stereocenters. The van der Waals surface area contributed by atoms with Gasteiger partial charge in [0.15, 0.2) is 0 Å². The van der Waals surface area contributed by atoms with E-state index in [1.54, 1.807) is 24.3 Å². The number of benzene rings is 2. The molecular formula is C27H31N3O4. The van der Waals surface area contributed by atoms with Gasteiger partial charge >= 0.3 is 5.97 Å². The van der Waals surface area contributed by atoms with Crippen molar-refractivity contribution in [3.63, 3.8) is 0 Å². The minimum atomic E-state index is -0.502. The summed E-state index contributed by atoms with van der Waals surface area (Å²) in [6, 6.07) is 17.1. The van der Waals surface area contributed by atoms with Gasteiger partial charge in [-0.25, -0.2) is 4.79 Å². The van der Waals surface area contributed by atoms with E-state index >= 15 is 0 Å². The van der Waals surface area contributed by atoms with Gasteiger partial charge in [-0.05, 0) is 48.9 Å². The maximum atomic E-state index is 13.2. The van der Waals surface area contributed by atoms with Gasteiger partial charge in [0.1, 0.15) is 0 Å². The summed E-state index contributed by atoms with van der Waals surface area (Å²) in [6.45, 7) is 4.46. The molecular weight excluding hydrogens is 430 g/mol. The Kier molecular flexibility index (Phi) is 6.02. The van der Waals surface area contributed by atoms with Gasteiger partial charge in [-0.1, -0.05) is 30.3 Å². The fraction of sp³-hybridized carbons (Fsp3) is 0.444. The molecule has 2 aromatic carbocycles. The van der Waals surface area contributed by atoms with Crippen molar-refractivity contribution >= 4 is 23.5 Å².